The highest BCUT2D eigenvalue weighted by Gasteiger charge is 2.49. The van der Waals surface area contributed by atoms with E-state index in [9.17, 15) is 26.4 Å². The van der Waals surface area contributed by atoms with E-state index < -0.39 is 33.3 Å². The summed E-state index contributed by atoms with van der Waals surface area (Å²) >= 11 is 0. The van der Waals surface area contributed by atoms with E-state index in [4.69, 9.17) is 14.3 Å². The van der Waals surface area contributed by atoms with Gasteiger partial charge in [-0.1, -0.05) is 18.2 Å². The molecule has 192 valence electrons. The molecule has 4 rings (SSSR count). The summed E-state index contributed by atoms with van der Waals surface area (Å²) in [5.74, 6) is -1.29. The Morgan fingerprint density at radius 3 is 2.61 bits per heavy atom. The quantitative estimate of drug-likeness (QED) is 0.306. The van der Waals surface area contributed by atoms with Crippen molar-refractivity contribution in [3.63, 3.8) is 0 Å². The fraction of sp³-hybridized carbons (Fsp3) is 0.333. The van der Waals surface area contributed by atoms with Crippen molar-refractivity contribution in [1.29, 1.82) is 0 Å². The molecule has 8 nitrogen and oxygen atoms in total. The lowest BCUT2D eigenvalue weighted by molar-refractivity contribution is -0.137. The molecule has 36 heavy (non-hydrogen) atoms. The van der Waals surface area contributed by atoms with E-state index in [2.05, 4.69) is 9.17 Å². The van der Waals surface area contributed by atoms with E-state index in [0.717, 1.165) is 11.6 Å². The molecule has 0 radical (unpaired) electrons. The SMILES string of the molecule is Cc1oc(-c2ccccc2)nc1CCOc1cc2c(c(OS(=O)(=O)C(F)(F)F)c1)C(CC(=O)O)CC2. The standard InChI is InChI=1S/C24H22F3NO7S/c1-14-19(28-23(34-14)15-5-3-2-4-6-15)9-10-33-18-11-16-7-8-17(12-21(29)30)22(16)20(13-18)35-36(31,32)24(25,26)27/h2-6,11,13,17H,7-10,12H2,1H3,(H,29,30). The third-order valence-corrected chi connectivity index (χ3v) is 6.76. The Morgan fingerprint density at radius 2 is 1.94 bits per heavy atom. The van der Waals surface area contributed by atoms with Gasteiger partial charge in [0.05, 0.1) is 18.7 Å². The zero-order valence-electron chi connectivity index (χ0n) is 19.0. The van der Waals surface area contributed by atoms with Crippen LogP contribution in [0.3, 0.4) is 0 Å². The second-order valence-electron chi connectivity index (χ2n) is 8.30. The second-order valence-corrected chi connectivity index (χ2v) is 9.84. The van der Waals surface area contributed by atoms with Gasteiger partial charge >= 0.3 is 21.6 Å². The summed E-state index contributed by atoms with van der Waals surface area (Å²) in [4.78, 5) is 15.7. The first-order valence-corrected chi connectivity index (χ1v) is 12.4. The number of benzene rings is 2. The van der Waals surface area contributed by atoms with E-state index in [1.165, 1.54) is 0 Å². The average molecular weight is 526 g/mol. The first kappa shape index (κ1) is 25.5. The maximum absolute atomic E-state index is 13.0. The molecule has 0 saturated heterocycles. The summed E-state index contributed by atoms with van der Waals surface area (Å²) in [7, 11) is -5.96. The first-order chi connectivity index (χ1) is 16.9. The fourth-order valence-electron chi connectivity index (χ4n) is 4.16. The lowest BCUT2D eigenvalue weighted by Gasteiger charge is -2.17. The average Bonchev–Trinajstić information content (AvgIpc) is 3.36. The van der Waals surface area contributed by atoms with E-state index in [1.54, 1.807) is 13.0 Å². The number of rotatable bonds is 9. The zero-order chi connectivity index (χ0) is 26.1. The maximum atomic E-state index is 13.0. The minimum Gasteiger partial charge on any atom is -0.493 e. The Balaban J connectivity index is 1.55. The molecule has 0 saturated carbocycles. The van der Waals surface area contributed by atoms with Crippen molar-refractivity contribution in [3.05, 3.63) is 65.0 Å². The van der Waals surface area contributed by atoms with Gasteiger partial charge in [0.2, 0.25) is 5.89 Å². The number of aliphatic carboxylic acids is 1. The number of ether oxygens (including phenoxy) is 1. The van der Waals surface area contributed by atoms with Crippen LogP contribution < -0.4 is 8.92 Å². The smallest absolute Gasteiger partial charge is 0.493 e. The van der Waals surface area contributed by atoms with Gasteiger partial charge in [-0.05, 0) is 49.4 Å². The summed E-state index contributed by atoms with van der Waals surface area (Å²) in [6.45, 7) is 1.82. The molecule has 0 spiro atoms. The number of hydrogen-bond donors (Lipinski definition) is 1. The van der Waals surface area contributed by atoms with E-state index >= 15 is 0 Å². The molecule has 1 aliphatic rings. The fourth-order valence-corrected chi connectivity index (χ4v) is 4.63. The van der Waals surface area contributed by atoms with Crippen LogP contribution in [0, 0.1) is 6.92 Å². The molecule has 12 heteroatoms. The molecular formula is C24H22F3NO7S. The van der Waals surface area contributed by atoms with Gasteiger partial charge in [0.15, 0.2) is 0 Å². The first-order valence-electron chi connectivity index (χ1n) is 11.0. The number of fused-ring (bicyclic) bond motifs is 1. The summed E-state index contributed by atoms with van der Waals surface area (Å²) in [5.41, 5.74) is -3.59. The van der Waals surface area contributed by atoms with Crippen LogP contribution in [0.5, 0.6) is 11.5 Å². The van der Waals surface area contributed by atoms with Crippen molar-refractivity contribution in [2.24, 2.45) is 0 Å². The summed E-state index contributed by atoms with van der Waals surface area (Å²) in [6.07, 6.45) is 0.617. The van der Waals surface area contributed by atoms with Crippen molar-refractivity contribution in [1.82, 2.24) is 4.98 Å². The van der Waals surface area contributed by atoms with Gasteiger partial charge in [0.25, 0.3) is 0 Å². The third-order valence-electron chi connectivity index (χ3n) is 5.80. The Bertz CT molecular complexity index is 1370. The largest absolute Gasteiger partial charge is 0.534 e. The summed E-state index contributed by atoms with van der Waals surface area (Å²) < 4.78 is 78.2. The molecule has 1 atom stereocenters. The topological polar surface area (TPSA) is 116 Å². The van der Waals surface area contributed by atoms with Crippen LogP contribution in [-0.4, -0.2) is 36.6 Å². The second kappa shape index (κ2) is 9.84. The molecule has 0 amide bonds. The van der Waals surface area contributed by atoms with Crippen molar-refractivity contribution < 1.29 is 44.8 Å². The minimum atomic E-state index is -5.96. The van der Waals surface area contributed by atoms with E-state index in [1.807, 2.05) is 30.3 Å². The Kier molecular flexibility index (Phi) is 6.98. The number of oxazole rings is 1. The van der Waals surface area contributed by atoms with Gasteiger partial charge in [0.1, 0.15) is 17.3 Å². The van der Waals surface area contributed by atoms with Crippen LogP contribution in [0.2, 0.25) is 0 Å². The van der Waals surface area contributed by atoms with Gasteiger partial charge in [-0.25, -0.2) is 4.98 Å². The monoisotopic (exact) mass is 525 g/mol. The number of hydrogen-bond acceptors (Lipinski definition) is 7. The van der Waals surface area contributed by atoms with E-state index in [0.29, 0.717) is 42.2 Å². The Hall–Kier alpha value is -3.54. The van der Waals surface area contributed by atoms with Crippen molar-refractivity contribution >= 4 is 16.1 Å². The number of aromatic nitrogens is 1. The van der Waals surface area contributed by atoms with Gasteiger partial charge in [-0.3, -0.25) is 4.79 Å². The van der Waals surface area contributed by atoms with Crippen LogP contribution in [0.4, 0.5) is 13.2 Å². The summed E-state index contributed by atoms with van der Waals surface area (Å²) in [5, 5.41) is 9.15. The highest BCUT2D eigenvalue weighted by atomic mass is 32.2. The Morgan fingerprint density at radius 1 is 1.22 bits per heavy atom. The van der Waals surface area contributed by atoms with Crippen LogP contribution in [0.1, 0.15) is 41.3 Å². The maximum Gasteiger partial charge on any atom is 0.534 e. The molecule has 1 N–H and O–H groups in total. The number of carboxylic acids is 1. The number of aryl methyl sites for hydroxylation is 2. The lowest BCUT2D eigenvalue weighted by Crippen LogP contribution is -2.28. The van der Waals surface area contributed by atoms with Crippen molar-refractivity contribution in [3.8, 4) is 23.0 Å². The molecule has 1 heterocycles. The highest BCUT2D eigenvalue weighted by Crippen LogP contribution is 2.45. The molecule has 0 fully saturated rings. The molecule has 2 aromatic carbocycles. The molecule has 1 aromatic heterocycles. The van der Waals surface area contributed by atoms with Crippen molar-refractivity contribution in [2.75, 3.05) is 6.61 Å². The number of carbonyl (C=O) groups is 1. The minimum absolute atomic E-state index is 0.0738. The predicted octanol–water partition coefficient (Wildman–Crippen LogP) is 5.00. The highest BCUT2D eigenvalue weighted by molar-refractivity contribution is 7.88. The third kappa shape index (κ3) is 5.48. The van der Waals surface area contributed by atoms with Crippen LogP contribution in [0.25, 0.3) is 11.5 Å². The zero-order valence-corrected chi connectivity index (χ0v) is 19.9. The number of alkyl halides is 3. The van der Waals surface area contributed by atoms with Crippen molar-refractivity contribution in [2.45, 2.75) is 44.0 Å². The van der Waals surface area contributed by atoms with Gasteiger partial charge in [-0.15, -0.1) is 0 Å². The van der Waals surface area contributed by atoms with Crippen LogP contribution >= 0.6 is 0 Å². The molecule has 0 bridgehead atoms. The predicted molar refractivity (Wildman–Crippen MR) is 121 cm³/mol. The van der Waals surface area contributed by atoms with Gasteiger partial charge in [-0.2, -0.15) is 21.6 Å². The number of carboxylic acid groups (broad SMARTS) is 1. The molecule has 1 aliphatic carbocycles. The molecular weight excluding hydrogens is 503 g/mol. The summed E-state index contributed by atoms with van der Waals surface area (Å²) in [6, 6.07) is 11.9. The van der Waals surface area contributed by atoms with E-state index in [-0.39, 0.29) is 24.3 Å². The molecule has 0 aliphatic heterocycles. The van der Waals surface area contributed by atoms with Crippen LogP contribution in [0.15, 0.2) is 46.9 Å². The molecule has 3 aromatic rings. The Labute approximate surface area is 204 Å². The number of nitrogens with zero attached hydrogens (tertiary/aromatic N) is 1. The van der Waals surface area contributed by atoms with Gasteiger partial charge < -0.3 is 18.4 Å². The van der Waals surface area contributed by atoms with Crippen LogP contribution in [-0.2, 0) is 27.8 Å². The normalized spacial score (nSPS) is 15.5. The van der Waals surface area contributed by atoms with Gasteiger partial charge in [0, 0.05) is 23.6 Å². The molecule has 1 unspecified atom stereocenters. The lowest BCUT2D eigenvalue weighted by atomic mass is 9.97. The number of halogens is 3.